The van der Waals surface area contributed by atoms with Crippen molar-refractivity contribution in [2.75, 3.05) is 20.3 Å². The van der Waals surface area contributed by atoms with Crippen LogP contribution < -0.4 is 20.1 Å². The molecule has 0 amide bonds. The fourth-order valence-electron chi connectivity index (χ4n) is 3.02. The maximum atomic E-state index is 5.64. The van der Waals surface area contributed by atoms with Crippen molar-refractivity contribution in [2.45, 2.75) is 58.5 Å². The van der Waals surface area contributed by atoms with Crippen molar-refractivity contribution in [1.29, 1.82) is 0 Å². The van der Waals surface area contributed by atoms with E-state index in [1.165, 1.54) is 32.1 Å². The van der Waals surface area contributed by atoms with Crippen molar-refractivity contribution >= 4 is 29.9 Å². The summed E-state index contributed by atoms with van der Waals surface area (Å²) in [6, 6.07) is 6.54. The minimum Gasteiger partial charge on any atom is -0.493 e. The van der Waals surface area contributed by atoms with Crippen LogP contribution >= 0.6 is 24.0 Å². The van der Waals surface area contributed by atoms with Crippen LogP contribution in [-0.2, 0) is 6.54 Å². The molecule has 2 rings (SSSR count). The van der Waals surface area contributed by atoms with Crippen LogP contribution in [0.25, 0.3) is 0 Å². The molecule has 2 N–H and O–H groups in total. The van der Waals surface area contributed by atoms with E-state index in [0.717, 1.165) is 29.6 Å². The van der Waals surface area contributed by atoms with Crippen LogP contribution in [0.2, 0.25) is 0 Å². The number of nitrogens with zero attached hydrogens (tertiary/aromatic N) is 1. The van der Waals surface area contributed by atoms with Crippen molar-refractivity contribution in [3.05, 3.63) is 23.8 Å². The monoisotopic (exact) mass is 461 g/mol. The first kappa shape index (κ1) is 21.9. The van der Waals surface area contributed by atoms with Crippen LogP contribution in [0.15, 0.2) is 23.2 Å². The average Bonchev–Trinajstić information content (AvgIpc) is 2.61. The van der Waals surface area contributed by atoms with Gasteiger partial charge in [-0.25, -0.2) is 4.99 Å². The highest BCUT2D eigenvalue weighted by atomic mass is 127. The van der Waals surface area contributed by atoms with Gasteiger partial charge in [0.05, 0.1) is 20.3 Å². The summed E-state index contributed by atoms with van der Waals surface area (Å²) >= 11 is 0. The number of aliphatic imine (C=N–C) groups is 1. The standard InChI is InChI=1S/C19H31N3O2.HI/c1-4-20-19(22-16-9-7-6-8-10-16)21-14-15-11-12-17(23-3)18(13-15)24-5-2;/h11-13,16H,4-10,14H2,1-3H3,(H2,20,21,22);1H. The quantitative estimate of drug-likeness (QED) is 0.365. The first-order valence-electron chi connectivity index (χ1n) is 9.11. The molecule has 1 fully saturated rings. The Labute approximate surface area is 169 Å². The number of methoxy groups -OCH3 is 1. The predicted molar refractivity (Wildman–Crippen MR) is 114 cm³/mol. The number of hydrogen-bond donors (Lipinski definition) is 2. The Morgan fingerprint density at radius 2 is 1.92 bits per heavy atom. The van der Waals surface area contributed by atoms with E-state index in [1.54, 1.807) is 7.11 Å². The van der Waals surface area contributed by atoms with Crippen molar-refractivity contribution in [3.8, 4) is 11.5 Å². The third-order valence-corrected chi connectivity index (χ3v) is 4.24. The second kappa shape index (κ2) is 12.2. The van der Waals surface area contributed by atoms with Crippen molar-refractivity contribution in [3.63, 3.8) is 0 Å². The number of halogens is 1. The third kappa shape index (κ3) is 7.30. The minimum atomic E-state index is 0. The highest BCUT2D eigenvalue weighted by Gasteiger charge is 2.14. The summed E-state index contributed by atoms with van der Waals surface area (Å²) in [5, 5.41) is 6.92. The number of hydrogen-bond acceptors (Lipinski definition) is 3. The highest BCUT2D eigenvalue weighted by molar-refractivity contribution is 14.0. The fraction of sp³-hybridized carbons (Fsp3) is 0.632. The van der Waals surface area contributed by atoms with Gasteiger partial charge in [-0.2, -0.15) is 0 Å². The minimum absolute atomic E-state index is 0. The van der Waals surface area contributed by atoms with Crippen LogP contribution in [0.3, 0.4) is 0 Å². The Bertz CT molecular complexity index is 531. The number of guanidine groups is 1. The van der Waals surface area contributed by atoms with Gasteiger partial charge in [-0.3, -0.25) is 0 Å². The number of nitrogens with one attached hydrogen (secondary N) is 2. The van der Waals surface area contributed by atoms with E-state index in [-0.39, 0.29) is 24.0 Å². The van der Waals surface area contributed by atoms with Crippen molar-refractivity contribution in [1.82, 2.24) is 10.6 Å². The van der Waals surface area contributed by atoms with Crippen LogP contribution in [0.4, 0.5) is 0 Å². The first-order valence-corrected chi connectivity index (χ1v) is 9.11. The highest BCUT2D eigenvalue weighted by Crippen LogP contribution is 2.28. The largest absolute Gasteiger partial charge is 0.493 e. The van der Waals surface area contributed by atoms with Crippen molar-refractivity contribution < 1.29 is 9.47 Å². The molecule has 0 aromatic heterocycles. The molecule has 0 radical (unpaired) electrons. The summed E-state index contributed by atoms with van der Waals surface area (Å²) in [6.45, 7) is 6.17. The summed E-state index contributed by atoms with van der Waals surface area (Å²) in [5.41, 5.74) is 1.11. The zero-order valence-corrected chi connectivity index (χ0v) is 18.0. The molecule has 0 spiro atoms. The van der Waals surface area contributed by atoms with Gasteiger partial charge >= 0.3 is 0 Å². The molecule has 25 heavy (non-hydrogen) atoms. The second-order valence-corrected chi connectivity index (χ2v) is 6.09. The Kier molecular flexibility index (Phi) is 10.7. The molecule has 5 nitrogen and oxygen atoms in total. The smallest absolute Gasteiger partial charge is 0.191 e. The van der Waals surface area contributed by atoms with Crippen LogP contribution in [0, 0.1) is 0 Å². The van der Waals surface area contributed by atoms with Gasteiger partial charge in [-0.1, -0.05) is 25.3 Å². The molecular formula is C19H32IN3O2. The van der Waals surface area contributed by atoms with E-state index < -0.39 is 0 Å². The molecule has 0 saturated heterocycles. The summed E-state index contributed by atoms with van der Waals surface area (Å²) in [6.07, 6.45) is 6.46. The number of rotatable bonds is 7. The summed E-state index contributed by atoms with van der Waals surface area (Å²) in [4.78, 5) is 4.73. The molecule has 0 heterocycles. The average molecular weight is 461 g/mol. The Balaban J connectivity index is 0.00000312. The predicted octanol–water partition coefficient (Wildman–Crippen LogP) is 4.10. The van der Waals surface area contributed by atoms with Gasteiger partial charge in [0.1, 0.15) is 0 Å². The van der Waals surface area contributed by atoms with Crippen LogP contribution in [0.1, 0.15) is 51.5 Å². The molecule has 6 heteroatoms. The lowest BCUT2D eigenvalue weighted by molar-refractivity contribution is 0.310. The molecular weight excluding hydrogens is 429 g/mol. The Morgan fingerprint density at radius 1 is 1.16 bits per heavy atom. The Hall–Kier alpha value is -1.18. The van der Waals surface area contributed by atoms with Crippen LogP contribution in [0.5, 0.6) is 11.5 Å². The first-order chi connectivity index (χ1) is 11.8. The molecule has 1 aromatic rings. The molecule has 1 aromatic carbocycles. The molecule has 142 valence electrons. The molecule has 0 atom stereocenters. The lowest BCUT2D eigenvalue weighted by Gasteiger charge is -2.24. The van der Waals surface area contributed by atoms with Gasteiger partial charge < -0.3 is 20.1 Å². The summed E-state index contributed by atoms with van der Waals surface area (Å²) in [5.74, 6) is 2.44. The SMILES string of the molecule is CCNC(=NCc1ccc(OC)c(OCC)c1)NC1CCCCC1.I. The normalized spacial score (nSPS) is 15.2. The van der Waals surface area contributed by atoms with E-state index >= 15 is 0 Å². The molecule has 1 aliphatic rings. The van der Waals surface area contributed by atoms with Gasteiger partial charge in [0.25, 0.3) is 0 Å². The number of benzene rings is 1. The second-order valence-electron chi connectivity index (χ2n) is 6.09. The topological polar surface area (TPSA) is 54.9 Å². The molecule has 1 aliphatic carbocycles. The van der Waals surface area contributed by atoms with Crippen LogP contribution in [-0.4, -0.2) is 32.3 Å². The molecule has 0 bridgehead atoms. The van der Waals surface area contributed by atoms with Gasteiger partial charge in [-0.15, -0.1) is 24.0 Å². The molecule has 0 aliphatic heterocycles. The fourth-order valence-corrected chi connectivity index (χ4v) is 3.02. The summed E-state index contributed by atoms with van der Waals surface area (Å²) < 4.78 is 11.0. The Morgan fingerprint density at radius 3 is 2.56 bits per heavy atom. The van der Waals surface area contributed by atoms with E-state index in [9.17, 15) is 0 Å². The third-order valence-electron chi connectivity index (χ3n) is 4.24. The lowest BCUT2D eigenvalue weighted by Crippen LogP contribution is -2.44. The lowest BCUT2D eigenvalue weighted by atomic mass is 9.96. The zero-order valence-electron chi connectivity index (χ0n) is 15.6. The van der Waals surface area contributed by atoms with Gasteiger partial charge in [0.2, 0.25) is 0 Å². The van der Waals surface area contributed by atoms with E-state index in [0.29, 0.717) is 19.2 Å². The number of ether oxygens (including phenoxy) is 2. The van der Waals surface area contributed by atoms with Gasteiger partial charge in [0, 0.05) is 12.6 Å². The van der Waals surface area contributed by atoms with Gasteiger partial charge in [-0.05, 0) is 44.4 Å². The van der Waals surface area contributed by atoms with E-state index in [2.05, 4.69) is 17.6 Å². The van der Waals surface area contributed by atoms with Crippen molar-refractivity contribution in [2.24, 2.45) is 4.99 Å². The summed E-state index contributed by atoms with van der Waals surface area (Å²) in [7, 11) is 1.66. The maximum Gasteiger partial charge on any atom is 0.191 e. The van der Waals surface area contributed by atoms with Gasteiger partial charge in [0.15, 0.2) is 17.5 Å². The van der Waals surface area contributed by atoms with E-state index in [1.807, 2.05) is 25.1 Å². The zero-order chi connectivity index (χ0) is 17.2. The maximum absolute atomic E-state index is 5.64. The molecule has 1 saturated carbocycles. The molecule has 0 unspecified atom stereocenters. The van der Waals surface area contributed by atoms with E-state index in [4.69, 9.17) is 14.5 Å².